The lowest BCUT2D eigenvalue weighted by molar-refractivity contribution is -0.143. The summed E-state index contributed by atoms with van der Waals surface area (Å²) in [6.07, 6.45) is 1.63. The van der Waals surface area contributed by atoms with Crippen LogP contribution in [0.4, 0.5) is 0 Å². The van der Waals surface area contributed by atoms with Crippen LogP contribution < -0.4 is 5.32 Å². The van der Waals surface area contributed by atoms with Crippen molar-refractivity contribution < 1.29 is 23.1 Å². The van der Waals surface area contributed by atoms with E-state index in [1.54, 1.807) is 13.8 Å². The molecule has 1 aliphatic heterocycles. The SMILES string of the molecule is CC(C)C(CNC(=O)C1CCCCS1(=O)=O)C(=O)O. The lowest BCUT2D eigenvalue weighted by Crippen LogP contribution is -2.45. The lowest BCUT2D eigenvalue weighted by atomic mass is 9.96. The summed E-state index contributed by atoms with van der Waals surface area (Å²) in [5.41, 5.74) is 0. The van der Waals surface area contributed by atoms with Crippen LogP contribution in [0.5, 0.6) is 0 Å². The Hall–Kier alpha value is -1.11. The molecular formula is C12H21NO5S. The van der Waals surface area contributed by atoms with E-state index < -0.39 is 32.9 Å². The van der Waals surface area contributed by atoms with Crippen LogP contribution in [-0.2, 0) is 19.4 Å². The van der Waals surface area contributed by atoms with Crippen molar-refractivity contribution in [3.63, 3.8) is 0 Å². The standard InChI is InChI=1S/C12H21NO5S/c1-8(2)9(12(15)16)7-13-11(14)10-5-3-4-6-19(10,17)18/h8-10H,3-7H2,1-2H3,(H,13,14)(H,15,16). The molecule has 1 rings (SSSR count). The molecule has 0 aliphatic carbocycles. The molecule has 2 atom stereocenters. The molecule has 0 bridgehead atoms. The van der Waals surface area contributed by atoms with Crippen LogP contribution in [0, 0.1) is 11.8 Å². The van der Waals surface area contributed by atoms with E-state index in [0.717, 1.165) is 0 Å². The lowest BCUT2D eigenvalue weighted by Gasteiger charge is -2.23. The molecule has 1 heterocycles. The minimum absolute atomic E-state index is 0.0299. The van der Waals surface area contributed by atoms with Crippen molar-refractivity contribution in [1.82, 2.24) is 5.32 Å². The minimum Gasteiger partial charge on any atom is -0.481 e. The first kappa shape index (κ1) is 15.9. The van der Waals surface area contributed by atoms with Crippen LogP contribution in [0.2, 0.25) is 0 Å². The Morgan fingerprint density at radius 2 is 1.95 bits per heavy atom. The second kappa shape index (κ2) is 6.36. The monoisotopic (exact) mass is 291 g/mol. The molecule has 7 heteroatoms. The molecule has 1 aliphatic rings. The van der Waals surface area contributed by atoms with Gasteiger partial charge in [0, 0.05) is 6.54 Å². The first-order valence-electron chi connectivity index (χ1n) is 6.47. The fourth-order valence-corrected chi connectivity index (χ4v) is 4.01. The Labute approximate surface area is 113 Å². The summed E-state index contributed by atoms with van der Waals surface area (Å²) in [5, 5.41) is 10.5. The van der Waals surface area contributed by atoms with Crippen LogP contribution in [0.25, 0.3) is 0 Å². The van der Waals surface area contributed by atoms with Gasteiger partial charge in [-0.1, -0.05) is 20.3 Å². The Balaban J connectivity index is 2.62. The van der Waals surface area contributed by atoms with Gasteiger partial charge < -0.3 is 10.4 Å². The van der Waals surface area contributed by atoms with E-state index in [4.69, 9.17) is 5.11 Å². The molecule has 110 valence electrons. The summed E-state index contributed by atoms with van der Waals surface area (Å²) in [5.74, 6) is -2.33. The molecule has 2 unspecified atom stereocenters. The van der Waals surface area contributed by atoms with Crippen LogP contribution in [-0.4, -0.2) is 42.9 Å². The Morgan fingerprint density at radius 1 is 1.32 bits per heavy atom. The van der Waals surface area contributed by atoms with Crippen LogP contribution in [0.15, 0.2) is 0 Å². The third kappa shape index (κ3) is 4.19. The number of aliphatic carboxylic acids is 1. The highest BCUT2D eigenvalue weighted by Gasteiger charge is 2.35. The number of hydrogen-bond donors (Lipinski definition) is 2. The molecule has 19 heavy (non-hydrogen) atoms. The topological polar surface area (TPSA) is 101 Å². The van der Waals surface area contributed by atoms with Gasteiger partial charge in [-0.05, 0) is 18.8 Å². The third-order valence-corrected chi connectivity index (χ3v) is 5.66. The van der Waals surface area contributed by atoms with Crippen LogP contribution in [0.3, 0.4) is 0 Å². The van der Waals surface area contributed by atoms with Crippen molar-refractivity contribution in [1.29, 1.82) is 0 Å². The predicted octanol–water partition coefficient (Wildman–Crippen LogP) is 0.427. The maximum absolute atomic E-state index is 11.9. The molecule has 1 amide bonds. The number of carboxylic acid groups (broad SMARTS) is 1. The van der Waals surface area contributed by atoms with E-state index >= 15 is 0 Å². The molecule has 0 radical (unpaired) electrons. The minimum atomic E-state index is -3.37. The fraction of sp³-hybridized carbons (Fsp3) is 0.833. The molecule has 0 aromatic carbocycles. The van der Waals surface area contributed by atoms with Crippen molar-refractivity contribution >= 4 is 21.7 Å². The van der Waals surface area contributed by atoms with Crippen molar-refractivity contribution in [3.8, 4) is 0 Å². The zero-order valence-corrected chi connectivity index (χ0v) is 12.1. The average molecular weight is 291 g/mol. The number of rotatable bonds is 5. The fourth-order valence-electron chi connectivity index (χ4n) is 2.18. The van der Waals surface area contributed by atoms with Crippen LogP contribution >= 0.6 is 0 Å². The van der Waals surface area contributed by atoms with E-state index in [2.05, 4.69) is 5.32 Å². The number of amides is 1. The summed E-state index contributed by atoms with van der Waals surface area (Å²) in [6.45, 7) is 3.47. The van der Waals surface area contributed by atoms with Crippen molar-refractivity contribution in [3.05, 3.63) is 0 Å². The maximum atomic E-state index is 11.9. The molecule has 0 saturated carbocycles. The van der Waals surface area contributed by atoms with Gasteiger partial charge >= 0.3 is 5.97 Å². The smallest absolute Gasteiger partial charge is 0.308 e. The number of sulfone groups is 1. The zero-order chi connectivity index (χ0) is 14.6. The number of carbonyl (C=O) groups is 2. The van der Waals surface area contributed by atoms with Gasteiger partial charge in [0.25, 0.3) is 0 Å². The Kier molecular flexibility index (Phi) is 5.34. The average Bonchev–Trinajstić information content (AvgIpc) is 2.27. The van der Waals surface area contributed by atoms with Gasteiger partial charge in [-0.2, -0.15) is 0 Å². The second-order valence-electron chi connectivity index (χ2n) is 5.29. The first-order chi connectivity index (χ1) is 8.75. The normalized spacial score (nSPS) is 23.8. The summed E-state index contributed by atoms with van der Waals surface area (Å²) >= 11 is 0. The zero-order valence-electron chi connectivity index (χ0n) is 11.3. The summed E-state index contributed by atoms with van der Waals surface area (Å²) in [6, 6.07) is 0. The van der Waals surface area contributed by atoms with Gasteiger partial charge in [0.1, 0.15) is 5.25 Å². The maximum Gasteiger partial charge on any atom is 0.308 e. The Morgan fingerprint density at radius 3 is 2.42 bits per heavy atom. The number of carboxylic acids is 1. The van der Waals surface area contributed by atoms with Crippen molar-refractivity contribution in [2.45, 2.75) is 38.4 Å². The summed E-state index contributed by atoms with van der Waals surface area (Å²) < 4.78 is 23.5. The van der Waals surface area contributed by atoms with E-state index in [-0.39, 0.29) is 18.2 Å². The second-order valence-corrected chi connectivity index (χ2v) is 7.59. The summed E-state index contributed by atoms with van der Waals surface area (Å²) in [4.78, 5) is 22.9. The molecule has 0 aromatic rings. The highest BCUT2D eigenvalue weighted by atomic mass is 32.2. The summed E-state index contributed by atoms with van der Waals surface area (Å²) in [7, 11) is -3.37. The first-order valence-corrected chi connectivity index (χ1v) is 8.19. The van der Waals surface area contributed by atoms with Gasteiger partial charge in [0.05, 0.1) is 11.7 Å². The highest BCUT2D eigenvalue weighted by Crippen LogP contribution is 2.20. The number of carbonyl (C=O) groups excluding carboxylic acids is 1. The van der Waals surface area contributed by atoms with Gasteiger partial charge in [-0.3, -0.25) is 9.59 Å². The van der Waals surface area contributed by atoms with Gasteiger partial charge in [0.15, 0.2) is 9.84 Å². The van der Waals surface area contributed by atoms with E-state index in [9.17, 15) is 18.0 Å². The van der Waals surface area contributed by atoms with E-state index in [1.165, 1.54) is 0 Å². The molecule has 2 N–H and O–H groups in total. The molecule has 1 saturated heterocycles. The largest absolute Gasteiger partial charge is 0.481 e. The predicted molar refractivity (Wildman–Crippen MR) is 70.4 cm³/mol. The number of nitrogens with one attached hydrogen (secondary N) is 1. The number of hydrogen-bond acceptors (Lipinski definition) is 4. The van der Waals surface area contributed by atoms with E-state index in [0.29, 0.717) is 19.3 Å². The van der Waals surface area contributed by atoms with Crippen LogP contribution in [0.1, 0.15) is 33.1 Å². The van der Waals surface area contributed by atoms with E-state index in [1.807, 2.05) is 0 Å². The quantitative estimate of drug-likeness (QED) is 0.765. The van der Waals surface area contributed by atoms with Gasteiger partial charge in [0.2, 0.25) is 5.91 Å². The molecule has 0 aromatic heterocycles. The molecule has 6 nitrogen and oxygen atoms in total. The van der Waals surface area contributed by atoms with Gasteiger partial charge in [-0.25, -0.2) is 8.42 Å². The van der Waals surface area contributed by atoms with Crippen molar-refractivity contribution in [2.75, 3.05) is 12.3 Å². The molecule has 1 fully saturated rings. The molecular weight excluding hydrogens is 270 g/mol. The molecule has 0 spiro atoms. The highest BCUT2D eigenvalue weighted by molar-refractivity contribution is 7.92. The third-order valence-electron chi connectivity index (χ3n) is 3.49. The Bertz CT molecular complexity index is 443. The van der Waals surface area contributed by atoms with Gasteiger partial charge in [-0.15, -0.1) is 0 Å². The van der Waals surface area contributed by atoms with Crippen molar-refractivity contribution in [2.24, 2.45) is 11.8 Å².